The number of nitrogens with zero attached hydrogens (tertiary/aromatic N) is 4. The molecule has 8 nitrogen and oxygen atoms in total. The number of thioether (sulfide) groups is 1. The Morgan fingerprint density at radius 1 is 1.24 bits per heavy atom. The van der Waals surface area contributed by atoms with E-state index in [0.29, 0.717) is 35.4 Å². The fourth-order valence-corrected chi connectivity index (χ4v) is 4.13. The van der Waals surface area contributed by atoms with Gasteiger partial charge >= 0.3 is 5.69 Å². The second-order valence-electron chi connectivity index (χ2n) is 6.82. The van der Waals surface area contributed by atoms with Crippen LogP contribution < -0.4 is 16.0 Å². The molecule has 29 heavy (non-hydrogen) atoms. The Morgan fingerprint density at radius 3 is 2.69 bits per heavy atom. The van der Waals surface area contributed by atoms with Gasteiger partial charge in [0.05, 0.1) is 13.4 Å². The van der Waals surface area contributed by atoms with E-state index >= 15 is 0 Å². The lowest BCUT2D eigenvalue weighted by atomic mass is 10.1. The molecule has 2 aromatic heterocycles. The molecule has 0 spiro atoms. The SMILES string of the molecule is COc1ccc(C(C)=O)cc1CSCCCn1c(=O)c2c(ncn2C)n(C)c1=O. The molecule has 0 aliphatic rings. The quantitative estimate of drug-likeness (QED) is 0.412. The van der Waals surface area contributed by atoms with Gasteiger partial charge in [0.25, 0.3) is 5.56 Å². The number of benzene rings is 1. The highest BCUT2D eigenvalue weighted by molar-refractivity contribution is 7.98. The molecule has 0 bridgehead atoms. The molecule has 0 aliphatic heterocycles. The number of ether oxygens (including phenoxy) is 1. The van der Waals surface area contributed by atoms with Gasteiger partial charge in [0.2, 0.25) is 0 Å². The van der Waals surface area contributed by atoms with E-state index in [0.717, 1.165) is 17.1 Å². The summed E-state index contributed by atoms with van der Waals surface area (Å²) in [5.74, 6) is 2.19. The minimum atomic E-state index is -0.359. The number of rotatable bonds is 8. The van der Waals surface area contributed by atoms with E-state index in [-0.39, 0.29) is 17.0 Å². The van der Waals surface area contributed by atoms with Crippen LogP contribution in [0.1, 0.15) is 29.3 Å². The summed E-state index contributed by atoms with van der Waals surface area (Å²) < 4.78 is 9.68. The summed E-state index contributed by atoms with van der Waals surface area (Å²) in [5.41, 5.74) is 1.75. The van der Waals surface area contributed by atoms with E-state index in [2.05, 4.69) is 4.98 Å². The van der Waals surface area contributed by atoms with Crippen molar-refractivity contribution in [3.63, 3.8) is 0 Å². The van der Waals surface area contributed by atoms with Gasteiger partial charge in [0, 0.05) is 37.5 Å². The number of aryl methyl sites for hydroxylation is 2. The number of aromatic nitrogens is 4. The number of carbonyl (C=O) groups excluding carboxylic acids is 1. The lowest BCUT2D eigenvalue weighted by molar-refractivity contribution is 0.101. The van der Waals surface area contributed by atoms with Crippen molar-refractivity contribution in [1.82, 2.24) is 18.7 Å². The lowest BCUT2D eigenvalue weighted by Gasteiger charge is -2.11. The lowest BCUT2D eigenvalue weighted by Crippen LogP contribution is -2.39. The number of methoxy groups -OCH3 is 1. The number of carbonyl (C=O) groups is 1. The van der Waals surface area contributed by atoms with Gasteiger partial charge in [-0.15, -0.1) is 0 Å². The zero-order valence-corrected chi connectivity index (χ0v) is 17.8. The van der Waals surface area contributed by atoms with Crippen LogP contribution in [0.5, 0.6) is 5.75 Å². The van der Waals surface area contributed by atoms with E-state index in [1.807, 2.05) is 6.07 Å². The van der Waals surface area contributed by atoms with E-state index in [1.165, 1.54) is 22.4 Å². The van der Waals surface area contributed by atoms with Gasteiger partial charge in [-0.1, -0.05) is 0 Å². The highest BCUT2D eigenvalue weighted by Gasteiger charge is 2.14. The molecule has 0 aliphatic carbocycles. The van der Waals surface area contributed by atoms with Crippen LogP contribution in [0.15, 0.2) is 34.1 Å². The van der Waals surface area contributed by atoms with Crippen molar-refractivity contribution >= 4 is 28.7 Å². The average Bonchev–Trinajstić information content (AvgIpc) is 3.09. The molecule has 0 saturated heterocycles. The zero-order valence-electron chi connectivity index (χ0n) is 17.0. The fourth-order valence-electron chi connectivity index (χ4n) is 3.21. The van der Waals surface area contributed by atoms with Crippen molar-refractivity contribution in [3.05, 3.63) is 56.5 Å². The Kier molecular flexibility index (Phi) is 6.26. The van der Waals surface area contributed by atoms with Crippen molar-refractivity contribution < 1.29 is 9.53 Å². The molecule has 9 heteroatoms. The van der Waals surface area contributed by atoms with Crippen LogP contribution >= 0.6 is 11.8 Å². The van der Waals surface area contributed by atoms with Crippen molar-refractivity contribution in [2.24, 2.45) is 14.1 Å². The summed E-state index contributed by atoms with van der Waals surface area (Å²) >= 11 is 1.67. The van der Waals surface area contributed by atoms with Crippen LogP contribution in [0.2, 0.25) is 0 Å². The summed E-state index contributed by atoms with van der Waals surface area (Å²) in [6.45, 7) is 1.88. The Hall–Kier alpha value is -2.81. The van der Waals surface area contributed by atoms with Crippen molar-refractivity contribution in [3.8, 4) is 5.75 Å². The third-order valence-corrected chi connectivity index (χ3v) is 5.91. The van der Waals surface area contributed by atoms with Crippen LogP contribution in [0.25, 0.3) is 11.2 Å². The topological polar surface area (TPSA) is 88.1 Å². The maximum Gasteiger partial charge on any atom is 0.332 e. The van der Waals surface area contributed by atoms with Gasteiger partial charge in [0.1, 0.15) is 5.75 Å². The van der Waals surface area contributed by atoms with Crippen LogP contribution in [-0.4, -0.2) is 37.3 Å². The van der Waals surface area contributed by atoms with Gasteiger partial charge in [-0.05, 0) is 37.3 Å². The molecule has 0 N–H and O–H groups in total. The summed E-state index contributed by atoms with van der Waals surface area (Å²) in [5, 5.41) is 0. The molecule has 1 aromatic carbocycles. The fraction of sp³-hybridized carbons (Fsp3) is 0.400. The molecule has 0 radical (unpaired) electrons. The zero-order chi connectivity index (χ0) is 21.1. The average molecular weight is 417 g/mol. The van der Waals surface area contributed by atoms with Gasteiger partial charge in [-0.2, -0.15) is 11.8 Å². The van der Waals surface area contributed by atoms with E-state index in [9.17, 15) is 14.4 Å². The van der Waals surface area contributed by atoms with Gasteiger partial charge in [0.15, 0.2) is 16.9 Å². The maximum atomic E-state index is 12.7. The van der Waals surface area contributed by atoms with Crippen LogP contribution in [0, 0.1) is 0 Å². The highest BCUT2D eigenvalue weighted by atomic mass is 32.2. The first-order chi connectivity index (χ1) is 13.8. The number of fused-ring (bicyclic) bond motifs is 1. The van der Waals surface area contributed by atoms with Crippen LogP contribution in [0.3, 0.4) is 0 Å². The molecule has 0 atom stereocenters. The second kappa shape index (κ2) is 8.69. The third kappa shape index (κ3) is 4.14. The van der Waals surface area contributed by atoms with Crippen molar-refractivity contribution in [2.75, 3.05) is 12.9 Å². The molecule has 0 fully saturated rings. The van der Waals surface area contributed by atoms with Crippen LogP contribution in [0.4, 0.5) is 0 Å². The Morgan fingerprint density at radius 2 is 2.00 bits per heavy atom. The maximum absolute atomic E-state index is 12.7. The standard InChI is InChI=1S/C20H24N4O4S/c1-13(25)14-6-7-16(28-4)15(10-14)11-29-9-5-8-24-19(26)17-18(21-12-22(17)2)23(3)20(24)27/h6-7,10,12H,5,8-9,11H2,1-4H3. The van der Waals surface area contributed by atoms with E-state index in [4.69, 9.17) is 4.74 Å². The Labute approximate surface area is 172 Å². The van der Waals surface area contributed by atoms with E-state index in [1.54, 1.807) is 49.7 Å². The van der Waals surface area contributed by atoms with E-state index < -0.39 is 0 Å². The molecule has 154 valence electrons. The molecule has 0 saturated carbocycles. The minimum absolute atomic E-state index is 0.0136. The normalized spacial score (nSPS) is 11.2. The number of hydrogen-bond donors (Lipinski definition) is 0. The Bertz CT molecular complexity index is 1180. The number of imidazole rings is 1. The monoisotopic (exact) mass is 416 g/mol. The summed E-state index contributed by atoms with van der Waals surface area (Å²) in [7, 11) is 4.97. The molecule has 0 unspecified atom stereocenters. The summed E-state index contributed by atoms with van der Waals surface area (Å²) in [6, 6.07) is 5.41. The van der Waals surface area contributed by atoms with Crippen molar-refractivity contribution in [1.29, 1.82) is 0 Å². The molecular weight excluding hydrogens is 392 g/mol. The molecule has 0 amide bonds. The molecule has 2 heterocycles. The molecular formula is C20H24N4O4S. The molecule has 3 rings (SSSR count). The highest BCUT2D eigenvalue weighted by Crippen LogP contribution is 2.25. The molecule has 3 aromatic rings. The number of Topliss-reactive ketones (excluding diaryl/α,β-unsaturated/α-hetero) is 1. The first-order valence-electron chi connectivity index (χ1n) is 9.21. The number of ketones is 1. The summed E-state index contributed by atoms with van der Waals surface area (Å²) in [4.78, 5) is 40.9. The second-order valence-corrected chi connectivity index (χ2v) is 7.92. The van der Waals surface area contributed by atoms with Gasteiger partial charge < -0.3 is 9.30 Å². The largest absolute Gasteiger partial charge is 0.496 e. The van der Waals surface area contributed by atoms with Gasteiger partial charge in [-0.25, -0.2) is 9.78 Å². The first kappa shape index (κ1) is 20.9. The number of hydrogen-bond acceptors (Lipinski definition) is 6. The summed E-state index contributed by atoms with van der Waals surface area (Å²) in [6.07, 6.45) is 2.20. The van der Waals surface area contributed by atoms with Crippen molar-refractivity contribution in [2.45, 2.75) is 25.6 Å². The predicted octanol–water partition coefficient (Wildman–Crippen LogP) is 1.97. The predicted molar refractivity (Wildman–Crippen MR) is 114 cm³/mol. The first-order valence-corrected chi connectivity index (χ1v) is 10.4. The third-order valence-electron chi connectivity index (χ3n) is 4.82. The Balaban J connectivity index is 1.67. The minimum Gasteiger partial charge on any atom is -0.496 e. The van der Waals surface area contributed by atoms with Crippen LogP contribution in [-0.2, 0) is 26.4 Å². The van der Waals surface area contributed by atoms with Gasteiger partial charge in [-0.3, -0.25) is 18.7 Å². The smallest absolute Gasteiger partial charge is 0.332 e.